The van der Waals surface area contributed by atoms with Crippen molar-refractivity contribution in [2.75, 3.05) is 13.2 Å². The summed E-state index contributed by atoms with van der Waals surface area (Å²) < 4.78 is 11.3. The van der Waals surface area contributed by atoms with E-state index in [1.54, 1.807) is 6.08 Å². The number of aliphatic hydroxyl groups excluding tert-OH is 1. The number of carbonyl (C=O) groups excluding carboxylic acids is 1. The maximum atomic E-state index is 12.2. The highest BCUT2D eigenvalue weighted by molar-refractivity contribution is 5.83. The van der Waals surface area contributed by atoms with E-state index in [9.17, 15) is 9.90 Å². The first-order valence-corrected chi connectivity index (χ1v) is 8.51. The van der Waals surface area contributed by atoms with Gasteiger partial charge in [-0.05, 0) is 50.0 Å². The standard InChI is InChI=1S/C18H30O4/c1-13(12-22-16-8-4-5-10-21-16)11-15(20)17-14(19)7-6-9-18(17,2)3/h11,15-17,20H,4-10,12H2,1-3H3/b13-11+/t15-,16?,17-/m0/s1. The lowest BCUT2D eigenvalue weighted by Crippen LogP contribution is -2.42. The molecule has 126 valence electrons. The maximum Gasteiger partial charge on any atom is 0.158 e. The number of hydrogen-bond acceptors (Lipinski definition) is 4. The Balaban J connectivity index is 1.90. The Labute approximate surface area is 133 Å². The number of carbonyl (C=O) groups is 1. The van der Waals surface area contributed by atoms with Crippen LogP contribution in [0.5, 0.6) is 0 Å². The van der Waals surface area contributed by atoms with Crippen LogP contribution in [0.15, 0.2) is 11.6 Å². The summed E-state index contributed by atoms with van der Waals surface area (Å²) >= 11 is 0. The molecule has 0 amide bonds. The number of ether oxygens (including phenoxy) is 2. The normalized spacial score (nSPS) is 31.1. The second-order valence-corrected chi connectivity index (χ2v) is 7.40. The molecule has 1 N–H and O–H groups in total. The van der Waals surface area contributed by atoms with Crippen molar-refractivity contribution in [3.05, 3.63) is 11.6 Å². The van der Waals surface area contributed by atoms with Gasteiger partial charge in [-0.3, -0.25) is 4.79 Å². The zero-order chi connectivity index (χ0) is 16.2. The summed E-state index contributed by atoms with van der Waals surface area (Å²) in [4.78, 5) is 12.2. The Hall–Kier alpha value is -0.710. The number of aliphatic hydroxyl groups is 1. The van der Waals surface area contributed by atoms with Gasteiger partial charge < -0.3 is 14.6 Å². The summed E-state index contributed by atoms with van der Waals surface area (Å²) in [6, 6.07) is 0. The van der Waals surface area contributed by atoms with Crippen molar-refractivity contribution in [2.45, 2.75) is 71.7 Å². The van der Waals surface area contributed by atoms with Gasteiger partial charge in [0, 0.05) is 13.0 Å². The highest BCUT2D eigenvalue weighted by atomic mass is 16.7. The van der Waals surface area contributed by atoms with Crippen molar-refractivity contribution in [3.8, 4) is 0 Å². The topological polar surface area (TPSA) is 55.8 Å². The summed E-state index contributed by atoms with van der Waals surface area (Å²) in [5.41, 5.74) is 0.814. The largest absolute Gasteiger partial charge is 0.388 e. The fourth-order valence-corrected chi connectivity index (χ4v) is 3.62. The molecule has 2 fully saturated rings. The molecule has 22 heavy (non-hydrogen) atoms. The molecule has 0 aromatic heterocycles. The fraction of sp³-hybridized carbons (Fsp3) is 0.833. The molecule has 2 rings (SSSR count). The highest BCUT2D eigenvalue weighted by Gasteiger charge is 2.41. The first-order chi connectivity index (χ1) is 10.4. The number of ketones is 1. The maximum absolute atomic E-state index is 12.2. The third-order valence-electron chi connectivity index (χ3n) is 4.86. The first-order valence-electron chi connectivity index (χ1n) is 8.51. The highest BCUT2D eigenvalue weighted by Crippen LogP contribution is 2.40. The van der Waals surface area contributed by atoms with E-state index >= 15 is 0 Å². The summed E-state index contributed by atoms with van der Waals surface area (Å²) in [6.07, 6.45) is 6.63. The molecule has 1 unspecified atom stereocenters. The predicted octanol–water partition coefficient (Wildman–Crippen LogP) is 3.23. The van der Waals surface area contributed by atoms with Crippen molar-refractivity contribution < 1.29 is 19.4 Å². The Morgan fingerprint density at radius 1 is 1.45 bits per heavy atom. The molecule has 4 nitrogen and oxygen atoms in total. The van der Waals surface area contributed by atoms with Gasteiger partial charge in [-0.1, -0.05) is 19.9 Å². The lowest BCUT2D eigenvalue weighted by Gasteiger charge is -2.39. The number of rotatable bonds is 5. The van der Waals surface area contributed by atoms with Crippen LogP contribution in [0.25, 0.3) is 0 Å². The van der Waals surface area contributed by atoms with E-state index in [4.69, 9.17) is 9.47 Å². The van der Waals surface area contributed by atoms with Gasteiger partial charge in [0.25, 0.3) is 0 Å². The van der Waals surface area contributed by atoms with Gasteiger partial charge in [-0.2, -0.15) is 0 Å². The molecule has 2 aliphatic rings. The Bertz CT molecular complexity index is 407. The minimum Gasteiger partial charge on any atom is -0.388 e. The summed E-state index contributed by atoms with van der Waals surface area (Å²) in [5.74, 6) is -0.119. The molecule has 0 aromatic carbocycles. The third kappa shape index (κ3) is 4.64. The van der Waals surface area contributed by atoms with Crippen LogP contribution in [0.1, 0.15) is 59.3 Å². The van der Waals surface area contributed by atoms with Gasteiger partial charge in [-0.25, -0.2) is 0 Å². The average molecular weight is 310 g/mol. The van der Waals surface area contributed by atoms with Gasteiger partial charge in [0.2, 0.25) is 0 Å². The van der Waals surface area contributed by atoms with E-state index in [1.807, 2.05) is 6.92 Å². The molecule has 0 aromatic rings. The van der Waals surface area contributed by atoms with Gasteiger partial charge in [0.15, 0.2) is 6.29 Å². The smallest absolute Gasteiger partial charge is 0.158 e. The second-order valence-electron chi connectivity index (χ2n) is 7.40. The monoisotopic (exact) mass is 310 g/mol. The van der Waals surface area contributed by atoms with Crippen LogP contribution >= 0.6 is 0 Å². The van der Waals surface area contributed by atoms with E-state index in [0.29, 0.717) is 13.0 Å². The van der Waals surface area contributed by atoms with E-state index < -0.39 is 6.10 Å². The van der Waals surface area contributed by atoms with Gasteiger partial charge >= 0.3 is 0 Å². The molecule has 0 spiro atoms. The van der Waals surface area contributed by atoms with Gasteiger partial charge in [0.05, 0.1) is 18.6 Å². The van der Waals surface area contributed by atoms with Crippen molar-refractivity contribution in [1.29, 1.82) is 0 Å². The van der Waals surface area contributed by atoms with Crippen LogP contribution in [0.2, 0.25) is 0 Å². The van der Waals surface area contributed by atoms with Crippen molar-refractivity contribution in [2.24, 2.45) is 11.3 Å². The predicted molar refractivity (Wildman–Crippen MR) is 85.4 cm³/mol. The number of Topliss-reactive ketones (excluding diaryl/α,β-unsaturated/α-hetero) is 1. The summed E-state index contributed by atoms with van der Waals surface area (Å²) in [6.45, 7) is 7.30. The quantitative estimate of drug-likeness (QED) is 0.792. The minimum absolute atomic E-state index is 0.123. The fourth-order valence-electron chi connectivity index (χ4n) is 3.62. The van der Waals surface area contributed by atoms with E-state index in [1.165, 1.54) is 0 Å². The van der Waals surface area contributed by atoms with Crippen LogP contribution < -0.4 is 0 Å². The van der Waals surface area contributed by atoms with Gasteiger partial charge in [-0.15, -0.1) is 0 Å². The Morgan fingerprint density at radius 2 is 2.23 bits per heavy atom. The average Bonchev–Trinajstić information content (AvgIpc) is 2.45. The van der Waals surface area contributed by atoms with Crippen LogP contribution in [0.3, 0.4) is 0 Å². The lowest BCUT2D eigenvalue weighted by molar-refractivity contribution is -0.157. The van der Waals surface area contributed by atoms with Crippen LogP contribution in [-0.4, -0.2) is 36.5 Å². The molecule has 0 radical (unpaired) electrons. The molecule has 1 aliphatic heterocycles. The second kappa shape index (κ2) is 7.71. The third-order valence-corrected chi connectivity index (χ3v) is 4.86. The zero-order valence-corrected chi connectivity index (χ0v) is 14.1. The molecule has 0 bridgehead atoms. The Morgan fingerprint density at radius 3 is 2.86 bits per heavy atom. The lowest BCUT2D eigenvalue weighted by atomic mass is 9.66. The summed E-state index contributed by atoms with van der Waals surface area (Å²) in [5, 5.41) is 10.5. The molecular formula is C18H30O4. The van der Waals surface area contributed by atoms with E-state index in [0.717, 1.165) is 44.3 Å². The first kappa shape index (κ1) is 17.6. The Kier molecular flexibility index (Phi) is 6.18. The van der Waals surface area contributed by atoms with Crippen molar-refractivity contribution in [3.63, 3.8) is 0 Å². The van der Waals surface area contributed by atoms with Gasteiger partial charge in [0.1, 0.15) is 5.78 Å². The molecule has 1 heterocycles. The molecular weight excluding hydrogens is 280 g/mol. The van der Waals surface area contributed by atoms with Crippen LogP contribution in [0.4, 0.5) is 0 Å². The molecule has 4 heteroatoms. The summed E-state index contributed by atoms with van der Waals surface area (Å²) in [7, 11) is 0. The van der Waals surface area contributed by atoms with E-state index in [2.05, 4.69) is 13.8 Å². The minimum atomic E-state index is -0.723. The number of hydrogen-bond donors (Lipinski definition) is 1. The SMILES string of the molecule is C/C(=C\[C@H](O)[C@@H]1C(=O)CCCC1(C)C)COC1CCCCO1. The van der Waals surface area contributed by atoms with Crippen molar-refractivity contribution >= 4 is 5.78 Å². The molecule has 1 aliphatic carbocycles. The van der Waals surface area contributed by atoms with Crippen LogP contribution in [0, 0.1) is 11.3 Å². The molecule has 1 saturated carbocycles. The zero-order valence-electron chi connectivity index (χ0n) is 14.1. The van der Waals surface area contributed by atoms with Crippen molar-refractivity contribution in [1.82, 2.24) is 0 Å². The molecule has 3 atom stereocenters. The van der Waals surface area contributed by atoms with Crippen LogP contribution in [-0.2, 0) is 14.3 Å². The molecule has 1 saturated heterocycles. The van der Waals surface area contributed by atoms with E-state index in [-0.39, 0.29) is 23.4 Å².